The molecule has 0 saturated heterocycles. The van der Waals surface area contributed by atoms with Crippen molar-refractivity contribution in [2.24, 2.45) is 0 Å². The number of nitrogens with one attached hydrogen (secondary N) is 1. The normalized spacial score (nSPS) is 14.1. The lowest BCUT2D eigenvalue weighted by molar-refractivity contribution is 0.397. The second-order valence-electron chi connectivity index (χ2n) is 5.38. The second-order valence-corrected chi connectivity index (χ2v) is 5.38. The molecular formula is C15H19N5O. The fraction of sp³-hybridized carbons (Fsp3) is 0.467. The summed E-state index contributed by atoms with van der Waals surface area (Å²) in [4.78, 5) is 17.7. The van der Waals surface area contributed by atoms with Gasteiger partial charge >= 0.3 is 0 Å². The van der Waals surface area contributed by atoms with E-state index in [-0.39, 0.29) is 0 Å². The lowest BCUT2D eigenvalue weighted by atomic mass is 9.97. The van der Waals surface area contributed by atoms with Gasteiger partial charge in [-0.05, 0) is 24.4 Å². The number of rotatable bonds is 3. The largest absolute Gasteiger partial charge is 0.481 e. The van der Waals surface area contributed by atoms with E-state index in [9.17, 15) is 0 Å². The molecule has 0 bridgehead atoms. The number of hydrogen-bond acceptors (Lipinski definition) is 6. The average Bonchev–Trinajstić information content (AvgIpc) is 2.53. The van der Waals surface area contributed by atoms with Gasteiger partial charge in [-0.3, -0.25) is 0 Å². The van der Waals surface area contributed by atoms with Crippen molar-refractivity contribution in [3.63, 3.8) is 0 Å². The number of nitrogens with zero attached hydrogens (tertiary/aromatic N) is 4. The molecule has 21 heavy (non-hydrogen) atoms. The lowest BCUT2D eigenvalue weighted by Gasteiger charge is -2.21. The zero-order valence-corrected chi connectivity index (χ0v) is 12.6. The summed E-state index contributed by atoms with van der Waals surface area (Å²) in [5, 5.41) is 3.36. The molecule has 3 heterocycles. The van der Waals surface area contributed by atoms with Gasteiger partial charge in [0.05, 0.1) is 18.5 Å². The SMILES string of the molecule is COc1cc(-c2nc3c(c(C(C)C)n2)CCNC3)ncn1. The first-order chi connectivity index (χ1) is 10.2. The van der Waals surface area contributed by atoms with Gasteiger partial charge in [0.25, 0.3) is 0 Å². The van der Waals surface area contributed by atoms with Crippen LogP contribution in [-0.2, 0) is 13.0 Å². The van der Waals surface area contributed by atoms with E-state index in [2.05, 4.69) is 34.1 Å². The van der Waals surface area contributed by atoms with Gasteiger partial charge in [-0.1, -0.05) is 13.8 Å². The van der Waals surface area contributed by atoms with E-state index in [0.29, 0.717) is 23.3 Å². The van der Waals surface area contributed by atoms with Crippen LogP contribution in [0.2, 0.25) is 0 Å². The van der Waals surface area contributed by atoms with Crippen LogP contribution in [0.15, 0.2) is 12.4 Å². The third-order valence-corrected chi connectivity index (χ3v) is 3.60. The van der Waals surface area contributed by atoms with Crippen LogP contribution >= 0.6 is 0 Å². The van der Waals surface area contributed by atoms with Crippen LogP contribution in [0.1, 0.15) is 36.7 Å². The number of hydrogen-bond donors (Lipinski definition) is 1. The van der Waals surface area contributed by atoms with Gasteiger partial charge in [0.2, 0.25) is 5.88 Å². The van der Waals surface area contributed by atoms with Gasteiger partial charge in [0.15, 0.2) is 5.82 Å². The molecule has 0 aromatic carbocycles. The smallest absolute Gasteiger partial charge is 0.216 e. The highest BCUT2D eigenvalue weighted by molar-refractivity contribution is 5.52. The highest BCUT2D eigenvalue weighted by atomic mass is 16.5. The molecule has 1 N–H and O–H groups in total. The summed E-state index contributed by atoms with van der Waals surface area (Å²) in [7, 11) is 1.59. The third-order valence-electron chi connectivity index (χ3n) is 3.60. The summed E-state index contributed by atoms with van der Waals surface area (Å²) >= 11 is 0. The number of aromatic nitrogens is 4. The first-order valence-electron chi connectivity index (χ1n) is 7.16. The lowest BCUT2D eigenvalue weighted by Crippen LogP contribution is -2.27. The molecule has 1 aliphatic rings. The highest BCUT2D eigenvalue weighted by Crippen LogP contribution is 2.26. The van der Waals surface area contributed by atoms with Crippen molar-refractivity contribution in [1.82, 2.24) is 25.3 Å². The molecule has 0 radical (unpaired) electrons. The molecule has 0 fully saturated rings. The van der Waals surface area contributed by atoms with Crippen LogP contribution in [0.25, 0.3) is 11.5 Å². The Morgan fingerprint density at radius 1 is 1.24 bits per heavy atom. The molecule has 0 spiro atoms. The van der Waals surface area contributed by atoms with E-state index in [0.717, 1.165) is 30.9 Å². The van der Waals surface area contributed by atoms with Crippen LogP contribution in [0.3, 0.4) is 0 Å². The van der Waals surface area contributed by atoms with Crippen LogP contribution in [-0.4, -0.2) is 33.6 Å². The van der Waals surface area contributed by atoms with Crippen molar-refractivity contribution in [3.05, 3.63) is 29.3 Å². The summed E-state index contributed by atoms with van der Waals surface area (Å²) in [5.74, 6) is 1.52. The van der Waals surface area contributed by atoms with Crippen LogP contribution < -0.4 is 10.1 Å². The first kappa shape index (κ1) is 13.9. The molecule has 0 unspecified atom stereocenters. The molecule has 6 nitrogen and oxygen atoms in total. The Morgan fingerprint density at radius 3 is 2.86 bits per heavy atom. The fourth-order valence-electron chi connectivity index (χ4n) is 2.55. The second kappa shape index (κ2) is 5.73. The Hall–Kier alpha value is -2.08. The van der Waals surface area contributed by atoms with Crippen molar-refractivity contribution >= 4 is 0 Å². The van der Waals surface area contributed by atoms with Gasteiger partial charge in [0.1, 0.15) is 12.0 Å². The molecule has 0 atom stereocenters. The van der Waals surface area contributed by atoms with E-state index >= 15 is 0 Å². The number of fused-ring (bicyclic) bond motifs is 1. The summed E-state index contributed by atoms with van der Waals surface area (Å²) < 4.78 is 5.15. The molecule has 2 aromatic heterocycles. The minimum absolute atomic E-state index is 0.363. The molecule has 2 aromatic rings. The highest BCUT2D eigenvalue weighted by Gasteiger charge is 2.20. The predicted octanol–water partition coefficient (Wildman–Crippen LogP) is 1.71. The summed E-state index contributed by atoms with van der Waals surface area (Å²) in [6.45, 7) is 6.09. The van der Waals surface area contributed by atoms with E-state index in [4.69, 9.17) is 9.72 Å². The van der Waals surface area contributed by atoms with E-state index in [1.807, 2.05) is 0 Å². The molecular weight excluding hydrogens is 266 g/mol. The standard InChI is InChI=1S/C15H19N5O/c1-9(2)14-10-4-5-16-7-12(10)19-15(20-14)11-6-13(21-3)18-8-17-11/h6,8-9,16H,4-5,7H2,1-3H3. The van der Waals surface area contributed by atoms with E-state index in [1.54, 1.807) is 13.2 Å². The Labute approximate surface area is 124 Å². The first-order valence-corrected chi connectivity index (χ1v) is 7.16. The topological polar surface area (TPSA) is 72.8 Å². The number of methoxy groups -OCH3 is 1. The van der Waals surface area contributed by atoms with Gasteiger partial charge in [0, 0.05) is 12.6 Å². The molecule has 0 aliphatic carbocycles. The van der Waals surface area contributed by atoms with Gasteiger partial charge < -0.3 is 10.1 Å². The Bertz CT molecular complexity index is 657. The maximum atomic E-state index is 5.15. The van der Waals surface area contributed by atoms with Crippen molar-refractivity contribution in [3.8, 4) is 17.4 Å². The minimum Gasteiger partial charge on any atom is -0.481 e. The van der Waals surface area contributed by atoms with Crippen molar-refractivity contribution < 1.29 is 4.74 Å². The van der Waals surface area contributed by atoms with Gasteiger partial charge in [-0.25, -0.2) is 19.9 Å². The molecule has 110 valence electrons. The van der Waals surface area contributed by atoms with E-state index < -0.39 is 0 Å². The van der Waals surface area contributed by atoms with Crippen LogP contribution in [0, 0.1) is 0 Å². The van der Waals surface area contributed by atoms with Crippen molar-refractivity contribution in [1.29, 1.82) is 0 Å². The monoisotopic (exact) mass is 285 g/mol. The third kappa shape index (κ3) is 2.71. The minimum atomic E-state index is 0.363. The zero-order valence-electron chi connectivity index (χ0n) is 12.6. The van der Waals surface area contributed by atoms with Crippen molar-refractivity contribution in [2.75, 3.05) is 13.7 Å². The molecule has 0 saturated carbocycles. The van der Waals surface area contributed by atoms with Crippen molar-refractivity contribution in [2.45, 2.75) is 32.7 Å². The molecule has 0 amide bonds. The maximum absolute atomic E-state index is 5.15. The Kier molecular flexibility index (Phi) is 3.79. The quantitative estimate of drug-likeness (QED) is 0.925. The fourth-order valence-corrected chi connectivity index (χ4v) is 2.55. The number of ether oxygens (including phenoxy) is 1. The maximum Gasteiger partial charge on any atom is 0.216 e. The molecule has 3 rings (SSSR count). The summed E-state index contributed by atoms with van der Waals surface area (Å²) in [6, 6.07) is 1.77. The van der Waals surface area contributed by atoms with Crippen LogP contribution in [0.5, 0.6) is 5.88 Å². The molecule has 1 aliphatic heterocycles. The average molecular weight is 285 g/mol. The zero-order chi connectivity index (χ0) is 14.8. The van der Waals surface area contributed by atoms with Crippen LogP contribution in [0.4, 0.5) is 0 Å². The van der Waals surface area contributed by atoms with Gasteiger partial charge in [-0.2, -0.15) is 0 Å². The van der Waals surface area contributed by atoms with E-state index in [1.165, 1.54) is 11.9 Å². The molecule has 6 heteroatoms. The Morgan fingerprint density at radius 2 is 2.10 bits per heavy atom. The Balaban J connectivity index is 2.12. The summed E-state index contributed by atoms with van der Waals surface area (Å²) in [6.07, 6.45) is 2.46. The summed E-state index contributed by atoms with van der Waals surface area (Å²) in [5.41, 5.74) is 4.17. The van der Waals surface area contributed by atoms with Gasteiger partial charge in [-0.15, -0.1) is 0 Å². The predicted molar refractivity (Wildman–Crippen MR) is 79.1 cm³/mol.